The van der Waals surface area contributed by atoms with Gasteiger partial charge in [-0.25, -0.2) is 4.98 Å². The molecule has 1 aromatic carbocycles. The third-order valence-corrected chi connectivity index (χ3v) is 3.92. The maximum Gasteiger partial charge on any atom is 0.320 e. The van der Waals surface area contributed by atoms with Crippen LogP contribution in [0.25, 0.3) is 11.3 Å². The lowest BCUT2D eigenvalue weighted by molar-refractivity contribution is -0.142. The van der Waals surface area contributed by atoms with Gasteiger partial charge in [0.05, 0.1) is 19.9 Å². The Morgan fingerprint density at radius 2 is 2.23 bits per heavy atom. The van der Waals surface area contributed by atoms with E-state index in [1.54, 1.807) is 13.3 Å². The fourth-order valence-electron chi connectivity index (χ4n) is 2.74. The molecule has 1 saturated heterocycles. The van der Waals surface area contributed by atoms with Gasteiger partial charge < -0.3 is 14.3 Å². The molecule has 2 aromatic rings. The van der Waals surface area contributed by atoms with Crippen LogP contribution in [0, 0.1) is 0 Å². The van der Waals surface area contributed by atoms with E-state index in [1.807, 2.05) is 29.2 Å². The van der Waals surface area contributed by atoms with Gasteiger partial charge >= 0.3 is 5.97 Å². The largest absolute Gasteiger partial charge is 0.497 e. The summed E-state index contributed by atoms with van der Waals surface area (Å²) in [6.07, 6.45) is 3.24. The minimum Gasteiger partial charge on any atom is -0.497 e. The van der Waals surface area contributed by atoms with Crippen LogP contribution in [0.2, 0.25) is 0 Å². The van der Waals surface area contributed by atoms with Gasteiger partial charge in [-0.05, 0) is 43.7 Å². The molecule has 2 heterocycles. The first kappa shape index (κ1) is 14.6. The average molecular weight is 302 g/mol. The average Bonchev–Trinajstić information content (AvgIpc) is 3.17. The van der Waals surface area contributed by atoms with Gasteiger partial charge in [0.2, 0.25) is 5.89 Å². The number of carboxylic acids is 1. The molecule has 0 radical (unpaired) electrons. The number of likely N-dealkylation sites (tertiary alicyclic amines) is 1. The van der Waals surface area contributed by atoms with Crippen molar-refractivity contribution in [3.63, 3.8) is 0 Å². The predicted octanol–water partition coefficient (Wildman–Crippen LogP) is 2.40. The van der Waals surface area contributed by atoms with Crippen LogP contribution >= 0.6 is 0 Å². The number of benzene rings is 1. The van der Waals surface area contributed by atoms with Crippen LogP contribution in [-0.4, -0.2) is 40.7 Å². The Labute approximate surface area is 128 Å². The van der Waals surface area contributed by atoms with Crippen molar-refractivity contribution in [2.75, 3.05) is 13.7 Å². The fraction of sp³-hybridized carbons (Fsp3) is 0.375. The molecule has 3 rings (SSSR count). The summed E-state index contributed by atoms with van der Waals surface area (Å²) in [6.45, 7) is 1.18. The Hall–Kier alpha value is -2.34. The lowest BCUT2D eigenvalue weighted by atomic mass is 10.2. The highest BCUT2D eigenvalue weighted by Crippen LogP contribution is 2.25. The predicted molar refractivity (Wildman–Crippen MR) is 79.6 cm³/mol. The Kier molecular flexibility index (Phi) is 4.11. The Balaban J connectivity index is 1.72. The Morgan fingerprint density at radius 3 is 2.91 bits per heavy atom. The quantitative estimate of drug-likeness (QED) is 0.914. The van der Waals surface area contributed by atoms with Crippen LogP contribution in [0.4, 0.5) is 0 Å². The summed E-state index contributed by atoms with van der Waals surface area (Å²) < 4.78 is 10.9. The molecule has 1 atom stereocenters. The number of hydrogen-bond acceptors (Lipinski definition) is 5. The summed E-state index contributed by atoms with van der Waals surface area (Å²) >= 11 is 0. The van der Waals surface area contributed by atoms with Crippen LogP contribution in [0.3, 0.4) is 0 Å². The third-order valence-electron chi connectivity index (χ3n) is 3.92. The first-order valence-corrected chi connectivity index (χ1v) is 7.23. The molecule has 1 aromatic heterocycles. The molecule has 22 heavy (non-hydrogen) atoms. The summed E-state index contributed by atoms with van der Waals surface area (Å²) in [4.78, 5) is 17.3. The van der Waals surface area contributed by atoms with Crippen LogP contribution in [0.1, 0.15) is 18.7 Å². The lowest BCUT2D eigenvalue weighted by Crippen LogP contribution is -2.35. The van der Waals surface area contributed by atoms with Gasteiger partial charge in [-0.15, -0.1) is 0 Å². The molecule has 6 nitrogen and oxygen atoms in total. The maximum atomic E-state index is 11.2. The normalized spacial score (nSPS) is 18.5. The van der Waals surface area contributed by atoms with E-state index < -0.39 is 12.0 Å². The zero-order valence-corrected chi connectivity index (χ0v) is 12.4. The number of aromatic nitrogens is 1. The van der Waals surface area contributed by atoms with E-state index in [0.717, 1.165) is 24.3 Å². The molecule has 0 spiro atoms. The zero-order chi connectivity index (χ0) is 15.5. The van der Waals surface area contributed by atoms with E-state index in [0.29, 0.717) is 24.6 Å². The topological polar surface area (TPSA) is 75.8 Å². The third kappa shape index (κ3) is 2.96. The first-order chi connectivity index (χ1) is 10.7. The van der Waals surface area contributed by atoms with Gasteiger partial charge in [0, 0.05) is 5.56 Å². The second-order valence-corrected chi connectivity index (χ2v) is 5.31. The van der Waals surface area contributed by atoms with Crippen molar-refractivity contribution in [3.8, 4) is 17.1 Å². The minimum absolute atomic E-state index is 0.424. The monoisotopic (exact) mass is 302 g/mol. The van der Waals surface area contributed by atoms with E-state index in [4.69, 9.17) is 9.15 Å². The molecule has 1 unspecified atom stereocenters. The molecule has 0 aliphatic carbocycles. The van der Waals surface area contributed by atoms with Crippen LogP contribution in [-0.2, 0) is 11.3 Å². The highest BCUT2D eigenvalue weighted by molar-refractivity contribution is 5.73. The molecule has 116 valence electrons. The molecule has 0 amide bonds. The Morgan fingerprint density at radius 1 is 1.45 bits per heavy atom. The number of carboxylic acid groups (broad SMARTS) is 1. The van der Waals surface area contributed by atoms with Gasteiger partial charge in [-0.2, -0.15) is 0 Å². The van der Waals surface area contributed by atoms with Gasteiger partial charge in [-0.1, -0.05) is 0 Å². The number of hydrogen-bond donors (Lipinski definition) is 1. The number of carbonyl (C=O) groups is 1. The highest BCUT2D eigenvalue weighted by Gasteiger charge is 2.31. The fourth-order valence-corrected chi connectivity index (χ4v) is 2.74. The van der Waals surface area contributed by atoms with Gasteiger partial charge in [0.15, 0.2) is 5.76 Å². The summed E-state index contributed by atoms with van der Waals surface area (Å²) in [5.74, 6) is 1.21. The van der Waals surface area contributed by atoms with Crippen molar-refractivity contribution < 1.29 is 19.1 Å². The van der Waals surface area contributed by atoms with E-state index in [2.05, 4.69) is 4.98 Å². The van der Waals surface area contributed by atoms with E-state index >= 15 is 0 Å². The number of ether oxygens (including phenoxy) is 1. The molecule has 0 bridgehead atoms. The molecule has 1 aliphatic heterocycles. The smallest absolute Gasteiger partial charge is 0.320 e. The number of oxazole rings is 1. The van der Waals surface area contributed by atoms with Crippen molar-refractivity contribution in [1.82, 2.24) is 9.88 Å². The van der Waals surface area contributed by atoms with E-state index in [9.17, 15) is 9.90 Å². The van der Waals surface area contributed by atoms with Gasteiger partial charge in [-0.3, -0.25) is 9.69 Å². The zero-order valence-electron chi connectivity index (χ0n) is 12.4. The molecular formula is C16H18N2O4. The van der Waals surface area contributed by atoms with Crippen molar-refractivity contribution in [3.05, 3.63) is 36.4 Å². The second-order valence-electron chi connectivity index (χ2n) is 5.31. The summed E-state index contributed by atoms with van der Waals surface area (Å²) in [6, 6.07) is 7.09. The van der Waals surface area contributed by atoms with Crippen molar-refractivity contribution in [2.24, 2.45) is 0 Å². The highest BCUT2D eigenvalue weighted by atomic mass is 16.5. The van der Waals surface area contributed by atoms with Gasteiger partial charge in [0.1, 0.15) is 11.8 Å². The van der Waals surface area contributed by atoms with Gasteiger partial charge in [0.25, 0.3) is 0 Å². The SMILES string of the molecule is COc1ccc(-c2cnc(CN3CCCC3C(=O)O)o2)cc1. The van der Waals surface area contributed by atoms with Crippen LogP contribution in [0.15, 0.2) is 34.9 Å². The van der Waals surface area contributed by atoms with E-state index in [1.165, 1.54) is 0 Å². The number of rotatable bonds is 5. The van der Waals surface area contributed by atoms with Crippen LogP contribution < -0.4 is 4.74 Å². The molecule has 0 saturated carbocycles. The van der Waals surface area contributed by atoms with Crippen molar-refractivity contribution >= 4 is 5.97 Å². The van der Waals surface area contributed by atoms with Crippen molar-refractivity contribution in [1.29, 1.82) is 0 Å². The lowest BCUT2D eigenvalue weighted by Gasteiger charge is -2.18. The molecule has 6 heteroatoms. The molecule has 1 N–H and O–H groups in total. The number of methoxy groups -OCH3 is 1. The molecule has 1 aliphatic rings. The number of nitrogens with zero attached hydrogens (tertiary/aromatic N) is 2. The summed E-state index contributed by atoms with van der Waals surface area (Å²) in [5, 5.41) is 9.19. The maximum absolute atomic E-state index is 11.2. The number of aliphatic carboxylic acids is 1. The summed E-state index contributed by atoms with van der Waals surface area (Å²) in [5.41, 5.74) is 0.913. The second kappa shape index (κ2) is 6.19. The first-order valence-electron chi connectivity index (χ1n) is 7.23. The summed E-state index contributed by atoms with van der Waals surface area (Å²) in [7, 11) is 1.62. The standard InChI is InChI=1S/C16H18N2O4/c1-21-12-6-4-11(5-7-12)14-9-17-15(22-14)10-18-8-2-3-13(18)16(19)20/h4-7,9,13H,2-3,8,10H2,1H3,(H,19,20). The molecular weight excluding hydrogens is 284 g/mol. The molecule has 1 fully saturated rings. The minimum atomic E-state index is -0.778. The van der Waals surface area contributed by atoms with E-state index in [-0.39, 0.29) is 0 Å². The van der Waals surface area contributed by atoms with Crippen LogP contribution in [0.5, 0.6) is 5.75 Å². The Bertz CT molecular complexity index is 650. The van der Waals surface area contributed by atoms with Crippen molar-refractivity contribution in [2.45, 2.75) is 25.4 Å².